The number of nitrogens with one attached hydrogen (secondary N) is 1. The maximum Gasteiger partial charge on any atom is 0.257 e. The number of hydrogen-bond acceptors (Lipinski definition) is 3. The van der Waals surface area contributed by atoms with E-state index in [4.69, 9.17) is 9.47 Å². The second kappa shape index (κ2) is 10.6. The van der Waals surface area contributed by atoms with E-state index in [0.29, 0.717) is 12.5 Å². The highest BCUT2D eigenvalue weighted by Crippen LogP contribution is 2.18. The second-order valence-corrected chi connectivity index (χ2v) is 7.28. The van der Waals surface area contributed by atoms with Crippen LogP contribution in [-0.2, 0) is 11.2 Å². The molecule has 0 radical (unpaired) electrons. The van der Waals surface area contributed by atoms with Crippen molar-refractivity contribution in [3.05, 3.63) is 59.7 Å². The third-order valence-corrected chi connectivity index (χ3v) is 4.18. The summed E-state index contributed by atoms with van der Waals surface area (Å²) < 4.78 is 11.2. The lowest BCUT2D eigenvalue weighted by atomic mass is 10.0. The lowest BCUT2D eigenvalue weighted by Crippen LogP contribution is -2.29. The molecule has 2 aromatic rings. The van der Waals surface area contributed by atoms with Crippen molar-refractivity contribution >= 4 is 5.91 Å². The zero-order chi connectivity index (χ0) is 19.6. The van der Waals surface area contributed by atoms with Crippen molar-refractivity contribution in [3.63, 3.8) is 0 Å². The zero-order valence-electron chi connectivity index (χ0n) is 16.8. The van der Waals surface area contributed by atoms with Gasteiger partial charge in [-0.2, -0.15) is 0 Å². The van der Waals surface area contributed by atoms with Crippen LogP contribution in [0.2, 0.25) is 0 Å². The molecule has 0 aromatic heterocycles. The van der Waals surface area contributed by atoms with Gasteiger partial charge in [0.25, 0.3) is 5.91 Å². The Morgan fingerprint density at radius 3 is 2.15 bits per heavy atom. The minimum atomic E-state index is -0.0939. The normalized spacial score (nSPS) is 10.9. The van der Waals surface area contributed by atoms with Gasteiger partial charge in [-0.3, -0.25) is 4.79 Å². The van der Waals surface area contributed by atoms with Crippen molar-refractivity contribution in [2.75, 3.05) is 13.2 Å². The van der Waals surface area contributed by atoms with Gasteiger partial charge in [-0.1, -0.05) is 38.1 Å². The fraction of sp³-hybridized carbons (Fsp3) is 0.435. The van der Waals surface area contributed by atoms with Crippen LogP contribution in [0, 0.1) is 0 Å². The highest BCUT2D eigenvalue weighted by atomic mass is 16.5. The molecule has 0 saturated heterocycles. The van der Waals surface area contributed by atoms with Gasteiger partial charge in [0.1, 0.15) is 11.5 Å². The predicted molar refractivity (Wildman–Crippen MR) is 110 cm³/mol. The summed E-state index contributed by atoms with van der Waals surface area (Å²) >= 11 is 0. The first kappa shape index (κ1) is 20.8. The quantitative estimate of drug-likeness (QED) is 0.616. The third-order valence-electron chi connectivity index (χ3n) is 4.18. The van der Waals surface area contributed by atoms with E-state index < -0.39 is 0 Å². The Hall–Kier alpha value is -2.49. The minimum absolute atomic E-state index is 0.0439. The van der Waals surface area contributed by atoms with Gasteiger partial charge in [-0.05, 0) is 68.0 Å². The summed E-state index contributed by atoms with van der Waals surface area (Å²) in [5.41, 5.74) is 2.50. The molecule has 0 aliphatic carbocycles. The van der Waals surface area contributed by atoms with Crippen LogP contribution in [0.4, 0.5) is 0 Å². The fourth-order valence-electron chi connectivity index (χ4n) is 2.68. The molecule has 0 fully saturated rings. The molecule has 2 rings (SSSR count). The number of benzene rings is 2. The van der Waals surface area contributed by atoms with E-state index in [1.165, 1.54) is 11.1 Å². The summed E-state index contributed by atoms with van der Waals surface area (Å²) in [6.45, 7) is 9.01. The van der Waals surface area contributed by atoms with Crippen molar-refractivity contribution in [3.8, 4) is 11.5 Å². The lowest BCUT2D eigenvalue weighted by molar-refractivity contribution is -0.123. The van der Waals surface area contributed by atoms with Crippen LogP contribution >= 0.6 is 0 Å². The SMILES string of the molecule is CC(C)Oc1ccc(CCCNC(=O)COc2ccc(C(C)C)cc2)cc1. The Bertz CT molecular complexity index is 691. The van der Waals surface area contributed by atoms with E-state index in [1.807, 2.05) is 50.2 Å². The standard InChI is InChI=1S/C23H31NO3/c1-17(2)20-9-13-21(14-10-20)26-16-23(25)24-15-5-6-19-7-11-22(12-8-19)27-18(3)4/h7-14,17-18H,5-6,15-16H2,1-4H3,(H,24,25). The third kappa shape index (κ3) is 7.73. The number of carbonyl (C=O) groups excluding carboxylic acids is 1. The smallest absolute Gasteiger partial charge is 0.257 e. The summed E-state index contributed by atoms with van der Waals surface area (Å²) in [7, 11) is 0. The van der Waals surface area contributed by atoms with E-state index in [1.54, 1.807) is 0 Å². The molecular weight excluding hydrogens is 338 g/mol. The number of rotatable bonds is 10. The van der Waals surface area contributed by atoms with Gasteiger partial charge in [0.05, 0.1) is 6.10 Å². The van der Waals surface area contributed by atoms with Crippen LogP contribution in [0.15, 0.2) is 48.5 Å². The van der Waals surface area contributed by atoms with Crippen molar-refractivity contribution < 1.29 is 14.3 Å². The molecule has 0 atom stereocenters. The predicted octanol–water partition coefficient (Wildman–Crippen LogP) is 4.73. The lowest BCUT2D eigenvalue weighted by Gasteiger charge is -2.10. The summed E-state index contributed by atoms with van der Waals surface area (Å²) in [6, 6.07) is 16.0. The molecule has 146 valence electrons. The molecule has 27 heavy (non-hydrogen) atoms. The van der Waals surface area contributed by atoms with Crippen LogP contribution in [0.25, 0.3) is 0 Å². The highest BCUT2D eigenvalue weighted by Gasteiger charge is 2.04. The van der Waals surface area contributed by atoms with Gasteiger partial charge in [0, 0.05) is 6.54 Å². The molecule has 1 N–H and O–H groups in total. The minimum Gasteiger partial charge on any atom is -0.491 e. The van der Waals surface area contributed by atoms with Crippen LogP contribution < -0.4 is 14.8 Å². The number of aryl methyl sites for hydroxylation is 1. The highest BCUT2D eigenvalue weighted by molar-refractivity contribution is 5.77. The maximum absolute atomic E-state index is 11.9. The van der Waals surface area contributed by atoms with Gasteiger partial charge in [0.15, 0.2) is 6.61 Å². The molecule has 4 nitrogen and oxygen atoms in total. The first-order chi connectivity index (χ1) is 12.9. The van der Waals surface area contributed by atoms with E-state index in [0.717, 1.165) is 24.3 Å². The van der Waals surface area contributed by atoms with E-state index >= 15 is 0 Å². The first-order valence-electron chi connectivity index (χ1n) is 9.69. The van der Waals surface area contributed by atoms with Crippen molar-refractivity contribution in [1.29, 1.82) is 0 Å². The number of ether oxygens (including phenoxy) is 2. The Labute approximate surface area is 162 Å². The average molecular weight is 370 g/mol. The van der Waals surface area contributed by atoms with Crippen LogP contribution in [0.5, 0.6) is 11.5 Å². The number of hydrogen-bond donors (Lipinski definition) is 1. The van der Waals surface area contributed by atoms with Crippen LogP contribution in [0.3, 0.4) is 0 Å². The first-order valence-corrected chi connectivity index (χ1v) is 9.69. The topological polar surface area (TPSA) is 47.6 Å². The van der Waals surface area contributed by atoms with E-state index in [-0.39, 0.29) is 18.6 Å². The molecule has 4 heteroatoms. The molecule has 0 heterocycles. The van der Waals surface area contributed by atoms with Gasteiger partial charge in [0.2, 0.25) is 0 Å². The molecule has 0 aliphatic rings. The largest absolute Gasteiger partial charge is 0.491 e. The summed E-state index contributed by atoms with van der Waals surface area (Å²) in [6.07, 6.45) is 1.99. The van der Waals surface area contributed by atoms with Gasteiger partial charge in [-0.15, -0.1) is 0 Å². The van der Waals surface area contributed by atoms with Crippen LogP contribution in [0.1, 0.15) is 51.2 Å². The summed E-state index contributed by atoms with van der Waals surface area (Å²) in [5.74, 6) is 2.00. The van der Waals surface area contributed by atoms with Gasteiger partial charge >= 0.3 is 0 Å². The number of carbonyl (C=O) groups is 1. The molecule has 0 spiro atoms. The Morgan fingerprint density at radius 1 is 0.926 bits per heavy atom. The zero-order valence-corrected chi connectivity index (χ0v) is 16.8. The van der Waals surface area contributed by atoms with Crippen LogP contribution in [-0.4, -0.2) is 25.2 Å². The summed E-state index contributed by atoms with van der Waals surface area (Å²) in [5, 5.41) is 2.90. The fourth-order valence-corrected chi connectivity index (χ4v) is 2.68. The maximum atomic E-state index is 11.9. The molecule has 0 saturated carbocycles. The number of amides is 1. The monoisotopic (exact) mass is 369 g/mol. The summed E-state index contributed by atoms with van der Waals surface area (Å²) in [4.78, 5) is 11.9. The molecule has 0 aliphatic heterocycles. The van der Waals surface area contributed by atoms with Crippen molar-refractivity contribution in [1.82, 2.24) is 5.32 Å². The van der Waals surface area contributed by atoms with Gasteiger partial charge in [-0.25, -0.2) is 0 Å². The van der Waals surface area contributed by atoms with E-state index in [9.17, 15) is 4.79 Å². The molecular formula is C23H31NO3. The second-order valence-electron chi connectivity index (χ2n) is 7.28. The molecule has 2 aromatic carbocycles. The Morgan fingerprint density at radius 2 is 1.56 bits per heavy atom. The van der Waals surface area contributed by atoms with E-state index in [2.05, 4.69) is 31.3 Å². The Balaban J connectivity index is 1.63. The van der Waals surface area contributed by atoms with Crippen molar-refractivity contribution in [2.45, 2.75) is 52.6 Å². The van der Waals surface area contributed by atoms with Gasteiger partial charge < -0.3 is 14.8 Å². The average Bonchev–Trinajstić information content (AvgIpc) is 2.64. The molecule has 0 unspecified atom stereocenters. The molecule has 1 amide bonds. The Kier molecular flexibility index (Phi) is 8.18. The molecule has 0 bridgehead atoms. The van der Waals surface area contributed by atoms with Crippen molar-refractivity contribution in [2.24, 2.45) is 0 Å².